The Kier molecular flexibility index (Phi) is 5.57. The van der Waals surface area contributed by atoms with Gasteiger partial charge in [-0.05, 0) is 30.5 Å². The van der Waals surface area contributed by atoms with Crippen LogP contribution < -0.4 is 9.46 Å². The molecule has 22 heavy (non-hydrogen) atoms. The fraction of sp³-hybridized carbons (Fsp3) is 0.294. The van der Waals surface area contributed by atoms with Crippen molar-refractivity contribution in [3.05, 3.63) is 65.2 Å². The number of para-hydroxylation sites is 1. The molecule has 0 aliphatic heterocycles. The van der Waals surface area contributed by atoms with Gasteiger partial charge < -0.3 is 4.74 Å². The van der Waals surface area contributed by atoms with Crippen molar-refractivity contribution in [2.45, 2.75) is 19.1 Å². The maximum atomic E-state index is 12.1. The molecule has 5 heteroatoms. The lowest BCUT2D eigenvalue weighted by Crippen LogP contribution is -2.27. The Hall–Kier alpha value is -1.85. The zero-order valence-corrected chi connectivity index (χ0v) is 13.7. The minimum absolute atomic E-state index is 0.000789. The quantitative estimate of drug-likeness (QED) is 0.853. The first-order valence-electron chi connectivity index (χ1n) is 7.15. The second kappa shape index (κ2) is 7.42. The number of hydrogen-bond acceptors (Lipinski definition) is 3. The van der Waals surface area contributed by atoms with Gasteiger partial charge in [0, 0.05) is 6.54 Å². The van der Waals surface area contributed by atoms with Crippen LogP contribution in [0.2, 0.25) is 0 Å². The third-order valence-electron chi connectivity index (χ3n) is 3.39. The Morgan fingerprint density at radius 3 is 2.41 bits per heavy atom. The summed E-state index contributed by atoms with van der Waals surface area (Å²) in [5, 5.41) is 0. The van der Waals surface area contributed by atoms with Gasteiger partial charge in [-0.3, -0.25) is 0 Å². The molecule has 0 heterocycles. The first-order valence-corrected chi connectivity index (χ1v) is 8.80. The number of rotatable bonds is 7. The zero-order valence-electron chi connectivity index (χ0n) is 12.9. The van der Waals surface area contributed by atoms with Gasteiger partial charge in [-0.25, -0.2) is 13.1 Å². The molecule has 0 spiro atoms. The molecule has 0 saturated carbocycles. The highest BCUT2D eigenvalue weighted by Gasteiger charge is 2.11. The molecule has 0 aliphatic rings. The summed E-state index contributed by atoms with van der Waals surface area (Å²) in [7, 11) is -1.72. The van der Waals surface area contributed by atoms with Crippen molar-refractivity contribution in [2.75, 3.05) is 13.7 Å². The molecule has 0 saturated heterocycles. The summed E-state index contributed by atoms with van der Waals surface area (Å²) in [5.74, 6) is 0.777. The number of nitrogens with one attached hydrogen (secondary N) is 1. The van der Waals surface area contributed by atoms with Gasteiger partial charge in [0.2, 0.25) is 10.0 Å². The molecular weight excluding hydrogens is 298 g/mol. The van der Waals surface area contributed by atoms with Gasteiger partial charge in [-0.2, -0.15) is 0 Å². The third-order valence-corrected chi connectivity index (χ3v) is 4.74. The van der Waals surface area contributed by atoms with Crippen molar-refractivity contribution >= 4 is 10.0 Å². The number of sulfonamides is 1. The standard InChI is InChI=1S/C17H21NO3S/c1-14-7-9-15(10-8-14)13-22(19,20)18-12-11-16-5-3-4-6-17(16)21-2/h3-10,18H,11-13H2,1-2H3. The van der Waals surface area contributed by atoms with Crippen molar-refractivity contribution in [1.82, 2.24) is 4.72 Å². The van der Waals surface area contributed by atoms with Crippen molar-refractivity contribution in [2.24, 2.45) is 0 Å². The summed E-state index contributed by atoms with van der Waals surface area (Å²) in [5.41, 5.74) is 2.89. The normalized spacial score (nSPS) is 11.4. The van der Waals surface area contributed by atoms with Crippen LogP contribution in [-0.2, 0) is 22.2 Å². The fourth-order valence-corrected chi connectivity index (χ4v) is 3.35. The Balaban J connectivity index is 1.91. The van der Waals surface area contributed by atoms with E-state index in [4.69, 9.17) is 4.74 Å². The van der Waals surface area contributed by atoms with E-state index in [1.165, 1.54) is 0 Å². The van der Waals surface area contributed by atoms with Crippen molar-refractivity contribution in [3.63, 3.8) is 0 Å². The Bertz CT molecular complexity index is 709. The minimum Gasteiger partial charge on any atom is -0.496 e. The summed E-state index contributed by atoms with van der Waals surface area (Å²) < 4.78 is 32.1. The van der Waals surface area contributed by atoms with E-state index in [2.05, 4.69) is 4.72 Å². The highest BCUT2D eigenvalue weighted by atomic mass is 32.2. The molecule has 0 fully saturated rings. The van der Waals surface area contributed by atoms with Crippen LogP contribution >= 0.6 is 0 Å². The number of benzene rings is 2. The number of methoxy groups -OCH3 is 1. The van der Waals surface area contributed by atoms with E-state index in [1.807, 2.05) is 55.5 Å². The summed E-state index contributed by atoms with van der Waals surface area (Å²) in [6.45, 7) is 2.33. The van der Waals surface area contributed by atoms with Crippen molar-refractivity contribution in [1.29, 1.82) is 0 Å². The predicted molar refractivity (Wildman–Crippen MR) is 88.5 cm³/mol. The average Bonchev–Trinajstić information content (AvgIpc) is 2.50. The molecule has 2 aromatic rings. The lowest BCUT2D eigenvalue weighted by atomic mass is 10.1. The summed E-state index contributed by atoms with van der Waals surface area (Å²) >= 11 is 0. The third kappa shape index (κ3) is 4.86. The molecule has 0 aliphatic carbocycles. The van der Waals surface area contributed by atoms with Crippen molar-refractivity contribution in [3.8, 4) is 5.75 Å². The molecule has 2 aromatic carbocycles. The van der Waals surface area contributed by atoms with Crippen molar-refractivity contribution < 1.29 is 13.2 Å². The van der Waals surface area contributed by atoms with E-state index in [0.29, 0.717) is 13.0 Å². The molecule has 0 bridgehead atoms. The van der Waals surface area contributed by atoms with Crippen LogP contribution in [-0.4, -0.2) is 22.1 Å². The smallest absolute Gasteiger partial charge is 0.215 e. The lowest BCUT2D eigenvalue weighted by Gasteiger charge is -2.10. The molecule has 1 N–H and O–H groups in total. The minimum atomic E-state index is -3.33. The highest BCUT2D eigenvalue weighted by molar-refractivity contribution is 7.88. The SMILES string of the molecule is COc1ccccc1CCNS(=O)(=O)Cc1ccc(C)cc1. The van der Waals surface area contributed by atoms with E-state index in [9.17, 15) is 8.42 Å². The fourth-order valence-electron chi connectivity index (χ4n) is 2.21. The predicted octanol–water partition coefficient (Wildman–Crippen LogP) is 2.67. The van der Waals surface area contributed by atoms with Gasteiger partial charge in [0.15, 0.2) is 0 Å². The van der Waals surface area contributed by atoms with Gasteiger partial charge >= 0.3 is 0 Å². The molecule has 0 amide bonds. The largest absolute Gasteiger partial charge is 0.496 e. The maximum absolute atomic E-state index is 12.1. The zero-order chi connectivity index (χ0) is 16.0. The average molecular weight is 319 g/mol. The van der Waals surface area contributed by atoms with E-state index >= 15 is 0 Å². The first-order chi connectivity index (χ1) is 10.5. The van der Waals surface area contributed by atoms with E-state index < -0.39 is 10.0 Å². The second-order valence-electron chi connectivity index (χ2n) is 5.20. The van der Waals surface area contributed by atoms with E-state index in [1.54, 1.807) is 7.11 Å². The molecule has 4 nitrogen and oxygen atoms in total. The molecule has 0 atom stereocenters. The number of aryl methyl sites for hydroxylation is 1. The van der Waals surface area contributed by atoms with Crippen LogP contribution in [0.15, 0.2) is 48.5 Å². The van der Waals surface area contributed by atoms with Crippen LogP contribution in [0.25, 0.3) is 0 Å². The molecule has 0 aromatic heterocycles. The summed E-state index contributed by atoms with van der Waals surface area (Å²) in [6, 6.07) is 15.1. The molecule has 0 radical (unpaired) electrons. The van der Waals surface area contributed by atoms with Gasteiger partial charge in [-0.15, -0.1) is 0 Å². The van der Waals surface area contributed by atoms with Crippen LogP contribution in [0.1, 0.15) is 16.7 Å². The van der Waals surface area contributed by atoms with Gasteiger partial charge in [0.25, 0.3) is 0 Å². The summed E-state index contributed by atoms with van der Waals surface area (Å²) in [6.07, 6.45) is 0.594. The Morgan fingerprint density at radius 2 is 1.73 bits per heavy atom. The van der Waals surface area contributed by atoms with Gasteiger partial charge in [0.05, 0.1) is 12.9 Å². The van der Waals surface area contributed by atoms with Gasteiger partial charge in [0.1, 0.15) is 5.75 Å². The Labute approximate surface area is 132 Å². The monoisotopic (exact) mass is 319 g/mol. The number of ether oxygens (including phenoxy) is 1. The van der Waals surface area contributed by atoms with Crippen LogP contribution in [0.5, 0.6) is 5.75 Å². The first kappa shape index (κ1) is 16.5. The molecule has 0 unspecified atom stereocenters. The lowest BCUT2D eigenvalue weighted by molar-refractivity contribution is 0.409. The van der Waals surface area contributed by atoms with Crippen LogP contribution in [0.4, 0.5) is 0 Å². The Morgan fingerprint density at radius 1 is 1.05 bits per heavy atom. The van der Waals surface area contributed by atoms with E-state index in [-0.39, 0.29) is 5.75 Å². The maximum Gasteiger partial charge on any atom is 0.215 e. The van der Waals surface area contributed by atoms with Crippen LogP contribution in [0, 0.1) is 6.92 Å². The second-order valence-corrected chi connectivity index (χ2v) is 7.01. The summed E-state index contributed by atoms with van der Waals surface area (Å²) in [4.78, 5) is 0. The number of hydrogen-bond donors (Lipinski definition) is 1. The van der Waals surface area contributed by atoms with E-state index in [0.717, 1.165) is 22.4 Å². The molecule has 118 valence electrons. The topological polar surface area (TPSA) is 55.4 Å². The van der Waals surface area contributed by atoms with Gasteiger partial charge in [-0.1, -0.05) is 48.0 Å². The highest BCUT2D eigenvalue weighted by Crippen LogP contribution is 2.17. The molecule has 2 rings (SSSR count). The molecular formula is C17H21NO3S. The van der Waals surface area contributed by atoms with Crippen LogP contribution in [0.3, 0.4) is 0 Å².